The van der Waals surface area contributed by atoms with Crippen LogP contribution in [0.5, 0.6) is 0 Å². The van der Waals surface area contributed by atoms with Gasteiger partial charge in [0.05, 0.1) is 11.2 Å². The van der Waals surface area contributed by atoms with Gasteiger partial charge < -0.3 is 11.1 Å². The molecule has 1 atom stereocenters. The number of amides is 1. The minimum Gasteiger partial charge on any atom is -0.354 e. The summed E-state index contributed by atoms with van der Waals surface area (Å²) < 4.78 is 0. The van der Waals surface area contributed by atoms with Crippen molar-refractivity contribution in [2.45, 2.75) is 18.9 Å². The van der Waals surface area contributed by atoms with Crippen LogP contribution in [0.4, 0.5) is 0 Å². The van der Waals surface area contributed by atoms with E-state index in [1.165, 1.54) is 0 Å². The van der Waals surface area contributed by atoms with Gasteiger partial charge in [-0.1, -0.05) is 30.3 Å². The summed E-state index contributed by atoms with van der Waals surface area (Å²) >= 11 is 1.55. The molecule has 3 N–H and O–H groups in total. The quantitative estimate of drug-likeness (QED) is 0.873. The number of hydrogen-bond acceptors (Lipinski definition) is 4. The van der Waals surface area contributed by atoms with Gasteiger partial charge in [0.25, 0.3) is 0 Å². The Morgan fingerprint density at radius 2 is 2.00 bits per heavy atom. The summed E-state index contributed by atoms with van der Waals surface area (Å²) in [4.78, 5) is 16.3. The molecule has 7 heteroatoms. The Kier molecular flexibility index (Phi) is 8.51. The van der Waals surface area contributed by atoms with Crippen molar-refractivity contribution in [2.24, 2.45) is 5.73 Å². The van der Waals surface area contributed by atoms with Gasteiger partial charge in [-0.25, -0.2) is 4.98 Å². The lowest BCUT2D eigenvalue weighted by Gasteiger charge is -2.24. The summed E-state index contributed by atoms with van der Waals surface area (Å²) in [7, 11) is 0. The molecule has 1 aromatic heterocycles. The van der Waals surface area contributed by atoms with Crippen molar-refractivity contribution in [1.82, 2.24) is 10.3 Å². The highest BCUT2D eigenvalue weighted by Gasteiger charge is 2.29. The lowest BCUT2D eigenvalue weighted by molar-refractivity contribution is -0.126. The molecule has 0 aliphatic carbocycles. The summed E-state index contributed by atoms with van der Waals surface area (Å²) in [6.07, 6.45) is 0.722. The first-order valence-electron chi connectivity index (χ1n) is 6.10. The van der Waals surface area contributed by atoms with Crippen molar-refractivity contribution in [3.05, 3.63) is 52.5 Å². The smallest absolute Gasteiger partial charge is 0.244 e. The Labute approximate surface area is 141 Å². The fraction of sp³-hybridized carbons (Fsp3) is 0.286. The van der Waals surface area contributed by atoms with Gasteiger partial charge in [-0.2, -0.15) is 0 Å². The molecule has 1 heterocycles. The molecule has 1 amide bonds. The van der Waals surface area contributed by atoms with Gasteiger partial charge in [-0.15, -0.1) is 36.2 Å². The van der Waals surface area contributed by atoms with Crippen LogP contribution in [0.15, 0.2) is 41.2 Å². The zero-order valence-corrected chi connectivity index (χ0v) is 14.1. The van der Waals surface area contributed by atoms with E-state index in [-0.39, 0.29) is 30.7 Å². The van der Waals surface area contributed by atoms with Gasteiger partial charge in [0.1, 0.15) is 5.54 Å². The third kappa shape index (κ3) is 5.28. The van der Waals surface area contributed by atoms with Gasteiger partial charge >= 0.3 is 0 Å². The molecule has 4 nitrogen and oxygen atoms in total. The van der Waals surface area contributed by atoms with Crippen LogP contribution >= 0.6 is 36.2 Å². The molecular formula is C14H19Cl2N3OS. The molecule has 0 saturated heterocycles. The first kappa shape index (κ1) is 19.9. The highest BCUT2D eigenvalue weighted by Crippen LogP contribution is 2.17. The molecule has 0 spiro atoms. The molecule has 21 heavy (non-hydrogen) atoms. The zero-order chi connectivity index (χ0) is 13.7. The summed E-state index contributed by atoms with van der Waals surface area (Å²) in [5.74, 6) is -0.172. The van der Waals surface area contributed by atoms with Gasteiger partial charge in [0.15, 0.2) is 0 Å². The molecule has 0 aliphatic heterocycles. The number of carbonyl (C=O) groups is 1. The van der Waals surface area contributed by atoms with E-state index in [1.54, 1.807) is 23.8 Å². The number of aromatic nitrogens is 1. The van der Waals surface area contributed by atoms with Crippen LogP contribution in [-0.4, -0.2) is 17.4 Å². The monoisotopic (exact) mass is 347 g/mol. The first-order chi connectivity index (χ1) is 9.10. The molecule has 2 aromatic rings. The second kappa shape index (κ2) is 9.00. The van der Waals surface area contributed by atoms with Crippen LogP contribution < -0.4 is 11.1 Å². The van der Waals surface area contributed by atoms with E-state index in [9.17, 15) is 4.79 Å². The molecular weight excluding hydrogens is 329 g/mol. The molecule has 0 bridgehead atoms. The molecule has 1 aromatic carbocycles. The predicted molar refractivity (Wildman–Crippen MR) is 91.3 cm³/mol. The Hall–Kier alpha value is -1.14. The average molecular weight is 348 g/mol. The van der Waals surface area contributed by atoms with Crippen molar-refractivity contribution in [3.8, 4) is 0 Å². The lowest BCUT2D eigenvalue weighted by atomic mass is 9.92. The molecule has 0 fully saturated rings. The molecule has 116 valence electrons. The van der Waals surface area contributed by atoms with E-state index in [1.807, 2.05) is 35.7 Å². The second-order valence-corrected chi connectivity index (χ2v) is 5.27. The fourth-order valence-electron chi connectivity index (χ4n) is 1.76. The van der Waals surface area contributed by atoms with Crippen LogP contribution in [0.25, 0.3) is 0 Å². The standard InChI is InChI=1S/C14H17N3OS.2ClH/c1-14(15,11-5-3-2-4-6-11)13(18)16-8-7-12-9-19-10-17-12;;/h2-6,9-10H,7-8,15H2,1H3,(H,16,18);2*1H. The van der Waals surface area contributed by atoms with Crippen LogP contribution in [0.2, 0.25) is 0 Å². The molecule has 0 radical (unpaired) electrons. The number of halogens is 2. The van der Waals surface area contributed by atoms with E-state index in [0.717, 1.165) is 17.7 Å². The number of benzene rings is 1. The van der Waals surface area contributed by atoms with Crippen LogP contribution in [0.3, 0.4) is 0 Å². The summed E-state index contributed by atoms with van der Waals surface area (Å²) in [5.41, 5.74) is 8.69. The lowest BCUT2D eigenvalue weighted by Crippen LogP contribution is -2.49. The Morgan fingerprint density at radius 3 is 2.57 bits per heavy atom. The maximum atomic E-state index is 12.1. The number of thiazole rings is 1. The first-order valence-corrected chi connectivity index (χ1v) is 7.05. The normalized spacial score (nSPS) is 12.5. The largest absolute Gasteiger partial charge is 0.354 e. The number of nitrogens with two attached hydrogens (primary N) is 1. The summed E-state index contributed by atoms with van der Waals surface area (Å²) in [5, 5.41) is 4.84. The van der Waals surface area contributed by atoms with E-state index < -0.39 is 5.54 Å². The summed E-state index contributed by atoms with van der Waals surface area (Å²) in [6.45, 7) is 2.27. The van der Waals surface area contributed by atoms with E-state index in [2.05, 4.69) is 10.3 Å². The molecule has 2 rings (SSSR count). The van der Waals surface area contributed by atoms with Crippen molar-refractivity contribution >= 4 is 42.1 Å². The molecule has 0 aliphatic rings. The van der Waals surface area contributed by atoms with Crippen LogP contribution in [-0.2, 0) is 16.8 Å². The predicted octanol–water partition coefficient (Wildman–Crippen LogP) is 2.52. The molecule has 1 unspecified atom stereocenters. The Morgan fingerprint density at radius 1 is 1.33 bits per heavy atom. The minimum absolute atomic E-state index is 0. The zero-order valence-electron chi connectivity index (χ0n) is 11.6. The number of carbonyl (C=O) groups excluding carboxylic acids is 1. The number of nitrogens with one attached hydrogen (secondary N) is 1. The number of nitrogens with zero attached hydrogens (tertiary/aromatic N) is 1. The van der Waals surface area contributed by atoms with Crippen LogP contribution in [0, 0.1) is 0 Å². The van der Waals surface area contributed by atoms with Crippen molar-refractivity contribution in [2.75, 3.05) is 6.54 Å². The van der Waals surface area contributed by atoms with Crippen molar-refractivity contribution in [3.63, 3.8) is 0 Å². The van der Waals surface area contributed by atoms with Crippen LogP contribution in [0.1, 0.15) is 18.2 Å². The van der Waals surface area contributed by atoms with E-state index >= 15 is 0 Å². The average Bonchev–Trinajstić information content (AvgIpc) is 2.93. The van der Waals surface area contributed by atoms with Gasteiger partial charge in [0.2, 0.25) is 5.91 Å². The number of hydrogen-bond donors (Lipinski definition) is 2. The maximum absolute atomic E-state index is 12.1. The third-order valence-electron chi connectivity index (χ3n) is 3.00. The van der Waals surface area contributed by atoms with Crippen molar-refractivity contribution < 1.29 is 4.79 Å². The maximum Gasteiger partial charge on any atom is 0.244 e. The Bertz CT molecular complexity index is 532. The van der Waals surface area contributed by atoms with Gasteiger partial charge in [-0.05, 0) is 12.5 Å². The molecule has 0 saturated carbocycles. The minimum atomic E-state index is -1.01. The second-order valence-electron chi connectivity index (χ2n) is 4.55. The fourth-order valence-corrected chi connectivity index (χ4v) is 2.36. The third-order valence-corrected chi connectivity index (χ3v) is 3.63. The van der Waals surface area contributed by atoms with Gasteiger partial charge in [0, 0.05) is 18.3 Å². The summed E-state index contributed by atoms with van der Waals surface area (Å²) in [6, 6.07) is 9.38. The topological polar surface area (TPSA) is 68.0 Å². The van der Waals surface area contributed by atoms with E-state index in [0.29, 0.717) is 6.54 Å². The Balaban J connectivity index is 0.00000200. The highest BCUT2D eigenvalue weighted by atomic mass is 35.5. The highest BCUT2D eigenvalue weighted by molar-refractivity contribution is 7.07. The van der Waals surface area contributed by atoms with Gasteiger partial charge in [-0.3, -0.25) is 4.79 Å². The SMILES string of the molecule is CC(N)(C(=O)NCCc1cscn1)c1ccccc1.Cl.Cl. The number of rotatable bonds is 5. The van der Waals surface area contributed by atoms with Crippen molar-refractivity contribution in [1.29, 1.82) is 0 Å². The van der Waals surface area contributed by atoms with E-state index in [4.69, 9.17) is 5.73 Å².